The van der Waals surface area contributed by atoms with Gasteiger partial charge in [0.15, 0.2) is 0 Å². The van der Waals surface area contributed by atoms with Crippen LogP contribution in [0, 0.1) is 0 Å². The molecule has 0 aliphatic heterocycles. The van der Waals surface area contributed by atoms with Crippen LogP contribution in [0.25, 0.3) is 0 Å². The largest absolute Gasteiger partial charge is 0.394 e. The van der Waals surface area contributed by atoms with E-state index in [0.29, 0.717) is 17.0 Å². The molecule has 1 aromatic carbocycles. The summed E-state index contributed by atoms with van der Waals surface area (Å²) in [5, 5.41) is 12.4. The first-order valence-corrected chi connectivity index (χ1v) is 6.47. The molecule has 0 saturated carbocycles. The smallest absolute Gasteiger partial charge is 0.253 e. The van der Waals surface area contributed by atoms with E-state index < -0.39 is 5.54 Å². The third-order valence-electron chi connectivity index (χ3n) is 2.72. The van der Waals surface area contributed by atoms with Gasteiger partial charge in [0.05, 0.1) is 22.7 Å². The molecule has 0 bridgehead atoms. The van der Waals surface area contributed by atoms with Crippen LogP contribution in [0.5, 0.6) is 0 Å². The van der Waals surface area contributed by atoms with Crippen molar-refractivity contribution >= 4 is 33.4 Å². The Balaban J connectivity index is 2.94. The van der Waals surface area contributed by atoms with Gasteiger partial charge < -0.3 is 10.4 Å². The van der Waals surface area contributed by atoms with Crippen LogP contribution in [0.15, 0.2) is 22.7 Å². The number of hydrogen-bond acceptors (Lipinski definition) is 2. The number of hydrogen-bond donors (Lipinski definition) is 2. The Morgan fingerprint density at radius 1 is 1.59 bits per heavy atom. The van der Waals surface area contributed by atoms with Crippen molar-refractivity contribution in [2.45, 2.75) is 25.8 Å². The minimum Gasteiger partial charge on any atom is -0.394 e. The summed E-state index contributed by atoms with van der Waals surface area (Å²) in [6.07, 6.45) is 0.640. The van der Waals surface area contributed by atoms with Crippen LogP contribution in [0.4, 0.5) is 0 Å². The standard InChI is InChI=1S/C12H15BrClNO2/c1-3-12(2,7-16)15-11(17)9-6-8(13)4-5-10(9)14/h4-6,16H,3,7H2,1-2H3,(H,15,17). The van der Waals surface area contributed by atoms with Crippen molar-refractivity contribution in [3.8, 4) is 0 Å². The van der Waals surface area contributed by atoms with Gasteiger partial charge in [-0.3, -0.25) is 4.79 Å². The van der Waals surface area contributed by atoms with Crippen LogP contribution in [-0.2, 0) is 0 Å². The van der Waals surface area contributed by atoms with Gasteiger partial charge in [-0.2, -0.15) is 0 Å². The maximum absolute atomic E-state index is 12.0. The van der Waals surface area contributed by atoms with E-state index in [1.54, 1.807) is 25.1 Å². The van der Waals surface area contributed by atoms with Gasteiger partial charge in [0.25, 0.3) is 5.91 Å². The lowest BCUT2D eigenvalue weighted by Gasteiger charge is -2.27. The number of carbonyl (C=O) groups excluding carboxylic acids is 1. The first-order chi connectivity index (χ1) is 7.91. The second kappa shape index (κ2) is 5.85. The molecule has 1 rings (SSSR count). The van der Waals surface area contributed by atoms with Crippen molar-refractivity contribution in [3.63, 3.8) is 0 Å². The summed E-state index contributed by atoms with van der Waals surface area (Å²) >= 11 is 9.25. The van der Waals surface area contributed by atoms with E-state index in [4.69, 9.17) is 11.6 Å². The summed E-state index contributed by atoms with van der Waals surface area (Å²) in [6.45, 7) is 3.58. The normalized spacial score (nSPS) is 14.2. The monoisotopic (exact) mass is 319 g/mol. The van der Waals surface area contributed by atoms with Crippen molar-refractivity contribution in [1.29, 1.82) is 0 Å². The summed E-state index contributed by atoms with van der Waals surface area (Å²) in [5.74, 6) is -0.283. The van der Waals surface area contributed by atoms with E-state index in [1.165, 1.54) is 0 Å². The molecule has 17 heavy (non-hydrogen) atoms. The molecule has 0 fully saturated rings. The molecular formula is C12H15BrClNO2. The average molecular weight is 321 g/mol. The molecule has 1 aromatic rings. The molecule has 1 unspecified atom stereocenters. The Kier molecular flexibility index (Phi) is 4.98. The molecule has 0 aromatic heterocycles. The third-order valence-corrected chi connectivity index (χ3v) is 3.54. The minimum absolute atomic E-state index is 0.110. The molecule has 0 saturated heterocycles. The zero-order valence-electron chi connectivity index (χ0n) is 9.76. The van der Waals surface area contributed by atoms with Gasteiger partial charge >= 0.3 is 0 Å². The van der Waals surface area contributed by atoms with Crippen molar-refractivity contribution in [3.05, 3.63) is 33.3 Å². The van der Waals surface area contributed by atoms with Crippen LogP contribution in [0.2, 0.25) is 5.02 Å². The van der Waals surface area contributed by atoms with Gasteiger partial charge in [0, 0.05) is 4.47 Å². The second-order valence-corrected chi connectivity index (χ2v) is 5.47. The Morgan fingerprint density at radius 2 is 2.24 bits per heavy atom. The Hall–Kier alpha value is -0.580. The summed E-state index contributed by atoms with van der Waals surface area (Å²) < 4.78 is 0.786. The van der Waals surface area contributed by atoms with E-state index >= 15 is 0 Å². The number of halogens is 2. The topological polar surface area (TPSA) is 49.3 Å². The second-order valence-electron chi connectivity index (χ2n) is 4.15. The highest BCUT2D eigenvalue weighted by molar-refractivity contribution is 9.10. The SMILES string of the molecule is CCC(C)(CO)NC(=O)c1cc(Br)ccc1Cl. The van der Waals surface area contributed by atoms with Crippen LogP contribution in [0.3, 0.4) is 0 Å². The molecule has 3 nitrogen and oxygen atoms in total. The predicted molar refractivity (Wildman–Crippen MR) is 72.4 cm³/mol. The van der Waals surface area contributed by atoms with Gasteiger partial charge in [-0.15, -0.1) is 0 Å². The van der Waals surface area contributed by atoms with Gasteiger partial charge in [0.1, 0.15) is 0 Å². The van der Waals surface area contributed by atoms with E-state index in [0.717, 1.165) is 4.47 Å². The number of nitrogens with one attached hydrogen (secondary N) is 1. The highest BCUT2D eigenvalue weighted by Crippen LogP contribution is 2.22. The van der Waals surface area contributed by atoms with Crippen LogP contribution < -0.4 is 5.32 Å². The highest BCUT2D eigenvalue weighted by Gasteiger charge is 2.24. The van der Waals surface area contributed by atoms with Crippen molar-refractivity contribution < 1.29 is 9.90 Å². The maximum atomic E-state index is 12.0. The first kappa shape index (κ1) is 14.5. The Bertz CT molecular complexity index is 419. The van der Waals surface area contributed by atoms with Crippen LogP contribution >= 0.6 is 27.5 Å². The summed E-state index contributed by atoms with van der Waals surface area (Å²) in [6, 6.07) is 5.08. The van der Waals surface area contributed by atoms with Crippen LogP contribution in [0.1, 0.15) is 30.6 Å². The van der Waals surface area contributed by atoms with Gasteiger partial charge in [-0.25, -0.2) is 0 Å². The Labute approximate surface area is 114 Å². The molecule has 1 amide bonds. The number of aliphatic hydroxyl groups is 1. The lowest BCUT2D eigenvalue weighted by molar-refractivity contribution is 0.0847. The van der Waals surface area contributed by atoms with E-state index in [9.17, 15) is 9.90 Å². The molecule has 94 valence electrons. The molecule has 5 heteroatoms. The van der Waals surface area contributed by atoms with Crippen molar-refractivity contribution in [1.82, 2.24) is 5.32 Å². The zero-order chi connectivity index (χ0) is 13.1. The van der Waals surface area contributed by atoms with E-state index in [-0.39, 0.29) is 12.5 Å². The lowest BCUT2D eigenvalue weighted by atomic mass is 9.99. The molecule has 1 atom stereocenters. The molecule has 0 aliphatic rings. The number of benzene rings is 1. The van der Waals surface area contributed by atoms with Crippen LogP contribution in [-0.4, -0.2) is 23.2 Å². The van der Waals surface area contributed by atoms with Gasteiger partial charge in [0.2, 0.25) is 0 Å². The number of carbonyl (C=O) groups is 1. The molecule has 0 heterocycles. The molecule has 0 aliphatic carbocycles. The van der Waals surface area contributed by atoms with Gasteiger partial charge in [-0.05, 0) is 31.5 Å². The predicted octanol–water partition coefficient (Wildman–Crippen LogP) is 2.99. The van der Waals surface area contributed by atoms with Gasteiger partial charge in [-0.1, -0.05) is 34.5 Å². The van der Waals surface area contributed by atoms with Crippen molar-refractivity contribution in [2.75, 3.05) is 6.61 Å². The number of amides is 1. The fourth-order valence-corrected chi connectivity index (χ4v) is 1.82. The molecule has 2 N–H and O–H groups in total. The molecule has 0 spiro atoms. The zero-order valence-corrected chi connectivity index (χ0v) is 12.1. The summed E-state index contributed by atoms with van der Waals surface area (Å²) in [5.41, 5.74) is -0.225. The summed E-state index contributed by atoms with van der Waals surface area (Å²) in [4.78, 5) is 12.0. The minimum atomic E-state index is -0.622. The van der Waals surface area contributed by atoms with Crippen molar-refractivity contribution in [2.24, 2.45) is 0 Å². The molecular weight excluding hydrogens is 305 g/mol. The number of aliphatic hydroxyl groups excluding tert-OH is 1. The maximum Gasteiger partial charge on any atom is 0.253 e. The Morgan fingerprint density at radius 3 is 2.76 bits per heavy atom. The highest BCUT2D eigenvalue weighted by atomic mass is 79.9. The third kappa shape index (κ3) is 3.69. The molecule has 0 radical (unpaired) electrons. The average Bonchev–Trinajstić information content (AvgIpc) is 2.32. The first-order valence-electron chi connectivity index (χ1n) is 5.30. The fraction of sp³-hybridized carbons (Fsp3) is 0.417. The fourth-order valence-electron chi connectivity index (χ4n) is 1.25. The lowest BCUT2D eigenvalue weighted by Crippen LogP contribution is -2.48. The quantitative estimate of drug-likeness (QED) is 0.896. The van der Waals surface area contributed by atoms with E-state index in [2.05, 4.69) is 21.2 Å². The van der Waals surface area contributed by atoms with E-state index in [1.807, 2.05) is 6.92 Å². The number of rotatable bonds is 4. The summed E-state index contributed by atoms with van der Waals surface area (Å²) in [7, 11) is 0.